The van der Waals surface area contributed by atoms with E-state index in [9.17, 15) is 14.0 Å². The predicted molar refractivity (Wildman–Crippen MR) is 132 cm³/mol. The van der Waals surface area contributed by atoms with Gasteiger partial charge in [-0.2, -0.15) is 0 Å². The van der Waals surface area contributed by atoms with Gasteiger partial charge in [0.05, 0.1) is 16.9 Å². The third-order valence-electron chi connectivity index (χ3n) is 6.22. The molecule has 0 aliphatic carbocycles. The van der Waals surface area contributed by atoms with E-state index in [1.54, 1.807) is 25.2 Å². The molecule has 0 amide bonds. The van der Waals surface area contributed by atoms with Crippen LogP contribution in [-0.2, 0) is 20.1 Å². The zero-order chi connectivity index (χ0) is 24.1. The highest BCUT2D eigenvalue weighted by atomic mass is 35.5. The number of halogens is 2. The molecule has 1 atom stereocenters. The lowest BCUT2D eigenvalue weighted by Crippen LogP contribution is -2.28. The largest absolute Gasteiger partial charge is 0.374 e. The number of hydrogen-bond donors (Lipinski definition) is 2. The molecule has 2 N–H and O–H groups in total. The first-order valence-corrected chi connectivity index (χ1v) is 11.3. The van der Waals surface area contributed by atoms with Gasteiger partial charge in [-0.05, 0) is 60.9 Å². The quantitative estimate of drug-likeness (QED) is 0.423. The number of aromatic amines is 1. The van der Waals surface area contributed by atoms with E-state index in [1.165, 1.54) is 16.7 Å². The SMILES string of the molecule is Cc1cc([C@@H](C)Nc2ccc(Cl)[nH]c2=O)c2nc(N3Cc4ccc(F)cc4C3)n(C)c(=O)c2c1. The van der Waals surface area contributed by atoms with Crippen molar-refractivity contribution in [2.45, 2.75) is 33.0 Å². The van der Waals surface area contributed by atoms with Crippen molar-refractivity contribution in [2.75, 3.05) is 10.2 Å². The summed E-state index contributed by atoms with van der Waals surface area (Å²) >= 11 is 5.87. The third kappa shape index (κ3) is 3.84. The van der Waals surface area contributed by atoms with Gasteiger partial charge >= 0.3 is 0 Å². The Kier molecular flexibility index (Phi) is 5.40. The van der Waals surface area contributed by atoms with Crippen molar-refractivity contribution in [1.82, 2.24) is 14.5 Å². The van der Waals surface area contributed by atoms with Crippen LogP contribution in [0.15, 0.2) is 52.1 Å². The van der Waals surface area contributed by atoms with E-state index < -0.39 is 0 Å². The molecule has 1 aliphatic heterocycles. The number of hydrogen-bond acceptors (Lipinski definition) is 5. The summed E-state index contributed by atoms with van der Waals surface area (Å²) in [5, 5.41) is 3.97. The molecule has 2 aromatic carbocycles. The maximum Gasteiger partial charge on any atom is 0.272 e. The molecule has 0 unspecified atom stereocenters. The van der Waals surface area contributed by atoms with E-state index in [2.05, 4.69) is 10.3 Å². The zero-order valence-electron chi connectivity index (χ0n) is 18.9. The van der Waals surface area contributed by atoms with Gasteiger partial charge < -0.3 is 15.2 Å². The topological polar surface area (TPSA) is 83.0 Å². The Balaban J connectivity index is 1.60. The van der Waals surface area contributed by atoms with Crippen LogP contribution in [0.4, 0.5) is 16.0 Å². The van der Waals surface area contributed by atoms with Crippen molar-refractivity contribution in [3.63, 3.8) is 0 Å². The van der Waals surface area contributed by atoms with Crippen LogP contribution in [0.1, 0.15) is 35.2 Å². The van der Waals surface area contributed by atoms with Crippen molar-refractivity contribution < 1.29 is 4.39 Å². The normalized spacial score (nSPS) is 13.9. The van der Waals surface area contributed by atoms with Crippen LogP contribution in [0.3, 0.4) is 0 Å². The van der Waals surface area contributed by atoms with Gasteiger partial charge in [0.25, 0.3) is 11.1 Å². The highest BCUT2D eigenvalue weighted by Gasteiger charge is 2.25. The monoisotopic (exact) mass is 479 g/mol. The lowest BCUT2D eigenvalue weighted by atomic mass is 10.0. The lowest BCUT2D eigenvalue weighted by Gasteiger charge is -2.22. The first-order chi connectivity index (χ1) is 16.2. The first kappa shape index (κ1) is 22.2. The van der Waals surface area contributed by atoms with Crippen molar-refractivity contribution in [2.24, 2.45) is 7.05 Å². The van der Waals surface area contributed by atoms with E-state index in [0.29, 0.717) is 35.6 Å². The molecule has 34 heavy (non-hydrogen) atoms. The van der Waals surface area contributed by atoms with E-state index in [1.807, 2.05) is 30.9 Å². The molecule has 9 heteroatoms. The lowest BCUT2D eigenvalue weighted by molar-refractivity contribution is 0.626. The van der Waals surface area contributed by atoms with Crippen molar-refractivity contribution >= 4 is 34.1 Å². The predicted octanol–water partition coefficient (Wildman–Crippen LogP) is 4.42. The van der Waals surface area contributed by atoms with Crippen molar-refractivity contribution in [3.8, 4) is 0 Å². The number of aryl methyl sites for hydroxylation is 1. The molecule has 4 aromatic rings. The van der Waals surface area contributed by atoms with E-state index >= 15 is 0 Å². The number of nitrogens with zero attached hydrogens (tertiary/aromatic N) is 3. The molecule has 0 saturated heterocycles. The van der Waals surface area contributed by atoms with E-state index in [4.69, 9.17) is 16.6 Å². The summed E-state index contributed by atoms with van der Waals surface area (Å²) in [4.78, 5) is 35.1. The molecule has 0 saturated carbocycles. The number of H-pyrrole nitrogens is 1. The Labute approximate surface area is 199 Å². The van der Waals surface area contributed by atoms with Crippen molar-refractivity contribution in [3.05, 3.63) is 96.4 Å². The second kappa shape index (κ2) is 8.29. The molecule has 174 valence electrons. The Bertz CT molecular complexity index is 1560. The van der Waals surface area contributed by atoms with Crippen LogP contribution in [0, 0.1) is 12.7 Å². The minimum Gasteiger partial charge on any atom is -0.374 e. The smallest absolute Gasteiger partial charge is 0.272 e. The molecule has 0 fully saturated rings. The first-order valence-electron chi connectivity index (χ1n) is 10.9. The van der Waals surface area contributed by atoms with Gasteiger partial charge in [-0.15, -0.1) is 0 Å². The van der Waals surface area contributed by atoms with Crippen LogP contribution in [0.2, 0.25) is 5.15 Å². The standard InChI is InChI=1S/C25H23ClFN5O2/c1-13-8-18(14(2)28-20-6-7-21(26)29-23(20)33)22-19(9-13)24(34)31(3)25(30-22)32-11-15-4-5-17(27)10-16(15)12-32/h4-10,14,28H,11-12H2,1-3H3,(H,29,33)/t14-/m1/s1. The average Bonchev–Trinajstić information content (AvgIpc) is 3.20. The summed E-state index contributed by atoms with van der Waals surface area (Å²) in [5.41, 5.74) is 4.05. The van der Waals surface area contributed by atoms with Crippen LogP contribution < -0.4 is 21.3 Å². The third-order valence-corrected chi connectivity index (χ3v) is 6.44. The molecular weight excluding hydrogens is 457 g/mol. The van der Waals surface area contributed by atoms with Gasteiger partial charge in [0, 0.05) is 25.7 Å². The minimum atomic E-state index is -0.331. The number of benzene rings is 2. The highest BCUT2D eigenvalue weighted by Crippen LogP contribution is 2.30. The molecule has 5 rings (SSSR count). The number of aromatic nitrogens is 3. The van der Waals surface area contributed by atoms with Gasteiger partial charge in [0.1, 0.15) is 16.7 Å². The van der Waals surface area contributed by atoms with Gasteiger partial charge in [0.15, 0.2) is 0 Å². The zero-order valence-corrected chi connectivity index (χ0v) is 19.7. The molecule has 3 heterocycles. The minimum absolute atomic E-state index is 0.163. The van der Waals surface area contributed by atoms with Crippen LogP contribution in [-0.4, -0.2) is 14.5 Å². The Hall–Kier alpha value is -3.65. The summed E-state index contributed by atoms with van der Waals surface area (Å²) in [6.45, 7) is 4.84. The Morgan fingerprint density at radius 1 is 1.12 bits per heavy atom. The van der Waals surface area contributed by atoms with Gasteiger partial charge in [0.2, 0.25) is 5.95 Å². The number of anilines is 2. The maximum atomic E-state index is 13.7. The number of rotatable bonds is 4. The summed E-state index contributed by atoms with van der Waals surface area (Å²) < 4.78 is 15.3. The van der Waals surface area contributed by atoms with Gasteiger partial charge in [-0.1, -0.05) is 23.7 Å². The Morgan fingerprint density at radius 3 is 2.65 bits per heavy atom. The fraction of sp³-hybridized carbons (Fsp3) is 0.240. The van der Waals surface area contributed by atoms with Crippen LogP contribution in [0.25, 0.3) is 10.9 Å². The second-order valence-electron chi connectivity index (χ2n) is 8.71. The summed E-state index contributed by atoms with van der Waals surface area (Å²) in [5.74, 6) is 0.228. The molecule has 2 aromatic heterocycles. The van der Waals surface area contributed by atoms with Crippen LogP contribution >= 0.6 is 11.6 Å². The fourth-order valence-electron chi connectivity index (χ4n) is 4.53. The maximum absolute atomic E-state index is 13.7. The fourth-order valence-corrected chi connectivity index (χ4v) is 4.68. The highest BCUT2D eigenvalue weighted by molar-refractivity contribution is 6.29. The average molecular weight is 480 g/mol. The molecule has 0 radical (unpaired) electrons. The molecular formula is C25H23ClFN5O2. The van der Waals surface area contributed by atoms with Crippen LogP contribution in [0.5, 0.6) is 0 Å². The number of pyridine rings is 1. The summed E-state index contributed by atoms with van der Waals surface area (Å²) in [7, 11) is 1.70. The summed E-state index contributed by atoms with van der Waals surface area (Å²) in [6.07, 6.45) is 0. The molecule has 7 nitrogen and oxygen atoms in total. The number of nitrogens with one attached hydrogen (secondary N) is 2. The second-order valence-corrected chi connectivity index (χ2v) is 9.12. The van der Waals surface area contributed by atoms with Gasteiger partial charge in [-0.25, -0.2) is 9.37 Å². The molecule has 0 bridgehead atoms. The summed E-state index contributed by atoms with van der Waals surface area (Å²) in [6, 6.07) is 11.4. The number of fused-ring (bicyclic) bond motifs is 2. The molecule has 1 aliphatic rings. The molecule has 0 spiro atoms. The Morgan fingerprint density at radius 2 is 1.88 bits per heavy atom. The van der Waals surface area contributed by atoms with E-state index in [0.717, 1.165) is 22.3 Å². The van der Waals surface area contributed by atoms with Crippen molar-refractivity contribution in [1.29, 1.82) is 0 Å². The van der Waals surface area contributed by atoms with Gasteiger partial charge in [-0.3, -0.25) is 14.2 Å². The van der Waals surface area contributed by atoms with E-state index in [-0.39, 0.29) is 28.1 Å².